The van der Waals surface area contributed by atoms with Gasteiger partial charge in [0.1, 0.15) is 5.82 Å². The Morgan fingerprint density at radius 2 is 1.92 bits per heavy atom. The number of aromatic nitrogens is 2. The molecule has 0 bridgehead atoms. The van der Waals surface area contributed by atoms with Gasteiger partial charge in [-0.3, -0.25) is 4.79 Å². The number of hydrogen-bond donors (Lipinski definition) is 1. The molecule has 0 saturated heterocycles. The lowest BCUT2D eigenvalue weighted by Crippen LogP contribution is -2.21. The van der Waals surface area contributed by atoms with Gasteiger partial charge in [0.05, 0.1) is 17.6 Å². The molecule has 2 aromatic carbocycles. The number of hydrogen-bond acceptors (Lipinski definition) is 2. The summed E-state index contributed by atoms with van der Waals surface area (Å²) in [6, 6.07) is 16.0. The van der Waals surface area contributed by atoms with Crippen molar-refractivity contribution in [3.63, 3.8) is 0 Å². The van der Waals surface area contributed by atoms with Crippen LogP contribution in [0.2, 0.25) is 5.02 Å². The van der Waals surface area contributed by atoms with Crippen LogP contribution in [0.3, 0.4) is 0 Å². The van der Waals surface area contributed by atoms with E-state index >= 15 is 0 Å². The summed E-state index contributed by atoms with van der Waals surface area (Å²) in [7, 11) is 0. The molecule has 3 aromatic rings. The Labute approximate surface area is 146 Å². The number of carbonyl (C=O) groups excluding carboxylic acids is 1. The topological polar surface area (TPSA) is 46.9 Å². The fraction of sp³-hybridized carbons (Fsp3) is 0.263. The van der Waals surface area contributed by atoms with Crippen molar-refractivity contribution >= 4 is 28.5 Å². The van der Waals surface area contributed by atoms with E-state index < -0.39 is 0 Å². The van der Waals surface area contributed by atoms with Crippen molar-refractivity contribution in [3.8, 4) is 0 Å². The number of para-hydroxylation sites is 2. The van der Waals surface area contributed by atoms with Crippen molar-refractivity contribution in [1.82, 2.24) is 14.9 Å². The molecule has 1 aromatic heterocycles. The van der Waals surface area contributed by atoms with E-state index in [2.05, 4.69) is 16.0 Å². The Balaban J connectivity index is 1.87. The summed E-state index contributed by atoms with van der Waals surface area (Å²) < 4.78 is 2.21. The van der Waals surface area contributed by atoms with Crippen molar-refractivity contribution in [2.75, 3.05) is 6.54 Å². The lowest BCUT2D eigenvalue weighted by molar-refractivity contribution is -0.118. The van der Waals surface area contributed by atoms with Gasteiger partial charge >= 0.3 is 0 Å². The largest absolute Gasteiger partial charge is 0.356 e. The van der Waals surface area contributed by atoms with E-state index in [1.807, 2.05) is 42.5 Å². The summed E-state index contributed by atoms with van der Waals surface area (Å²) in [5.41, 5.74) is 3.16. The lowest BCUT2D eigenvalue weighted by Gasteiger charge is -2.11. The Morgan fingerprint density at radius 3 is 2.71 bits per heavy atom. The summed E-state index contributed by atoms with van der Waals surface area (Å²) in [6.45, 7) is 2.88. The molecule has 0 atom stereocenters. The first-order chi connectivity index (χ1) is 11.6. The molecule has 0 aliphatic carbocycles. The van der Waals surface area contributed by atoms with Crippen LogP contribution in [0.4, 0.5) is 0 Å². The number of imidazole rings is 1. The third kappa shape index (κ3) is 3.77. The molecule has 0 saturated carbocycles. The molecule has 0 aliphatic rings. The maximum atomic E-state index is 11.0. The van der Waals surface area contributed by atoms with Gasteiger partial charge in [-0.1, -0.05) is 41.9 Å². The molecule has 3 rings (SSSR count). The number of halogens is 1. The number of fused-ring (bicyclic) bond motifs is 1. The summed E-state index contributed by atoms with van der Waals surface area (Å²) >= 11 is 6.33. The molecular weight excluding hydrogens is 322 g/mol. The standard InChI is InChI=1S/C19H20ClN3O/c1-14(24)21-12-6-11-19-22-17-9-4-5-10-18(17)23(19)13-15-7-2-3-8-16(15)20/h2-5,7-10H,6,11-13H2,1H3,(H,21,24). The Morgan fingerprint density at radius 1 is 1.17 bits per heavy atom. The first-order valence-corrected chi connectivity index (χ1v) is 8.45. The van der Waals surface area contributed by atoms with E-state index in [-0.39, 0.29) is 5.91 Å². The highest BCUT2D eigenvalue weighted by Crippen LogP contribution is 2.22. The molecule has 0 spiro atoms. The van der Waals surface area contributed by atoms with E-state index in [1.165, 1.54) is 6.92 Å². The average Bonchev–Trinajstić information content (AvgIpc) is 2.91. The van der Waals surface area contributed by atoms with Gasteiger partial charge in [0.25, 0.3) is 0 Å². The lowest BCUT2D eigenvalue weighted by atomic mass is 10.2. The van der Waals surface area contributed by atoms with Crippen LogP contribution >= 0.6 is 11.6 Å². The van der Waals surface area contributed by atoms with Crippen molar-refractivity contribution in [2.24, 2.45) is 0 Å². The monoisotopic (exact) mass is 341 g/mol. The zero-order chi connectivity index (χ0) is 16.9. The van der Waals surface area contributed by atoms with Gasteiger partial charge in [0, 0.05) is 24.9 Å². The maximum absolute atomic E-state index is 11.0. The van der Waals surface area contributed by atoms with Gasteiger partial charge < -0.3 is 9.88 Å². The second-order valence-electron chi connectivity index (χ2n) is 5.78. The molecule has 24 heavy (non-hydrogen) atoms. The number of rotatable bonds is 6. The first-order valence-electron chi connectivity index (χ1n) is 8.07. The number of aryl methyl sites for hydroxylation is 1. The van der Waals surface area contributed by atoms with Crippen LogP contribution in [0.15, 0.2) is 48.5 Å². The predicted molar refractivity (Wildman–Crippen MR) is 97.3 cm³/mol. The van der Waals surface area contributed by atoms with Crippen LogP contribution in [-0.4, -0.2) is 22.0 Å². The average molecular weight is 342 g/mol. The van der Waals surface area contributed by atoms with Crippen LogP contribution < -0.4 is 5.32 Å². The Kier molecular flexibility index (Phi) is 5.16. The molecule has 5 heteroatoms. The Hall–Kier alpha value is -2.33. The van der Waals surface area contributed by atoms with Crippen molar-refractivity contribution < 1.29 is 4.79 Å². The fourth-order valence-corrected chi connectivity index (χ4v) is 3.00. The van der Waals surface area contributed by atoms with Crippen LogP contribution in [0, 0.1) is 0 Å². The minimum Gasteiger partial charge on any atom is -0.356 e. The number of amides is 1. The fourth-order valence-electron chi connectivity index (χ4n) is 2.80. The maximum Gasteiger partial charge on any atom is 0.216 e. The predicted octanol–water partition coefficient (Wildman–Crippen LogP) is 3.81. The second kappa shape index (κ2) is 7.49. The summed E-state index contributed by atoms with van der Waals surface area (Å²) in [4.78, 5) is 15.8. The number of carbonyl (C=O) groups is 1. The highest BCUT2D eigenvalue weighted by molar-refractivity contribution is 6.31. The summed E-state index contributed by atoms with van der Waals surface area (Å²) in [5, 5.41) is 3.59. The van der Waals surface area contributed by atoms with Gasteiger partial charge in [-0.2, -0.15) is 0 Å². The number of benzene rings is 2. The van der Waals surface area contributed by atoms with Crippen LogP contribution in [-0.2, 0) is 17.8 Å². The molecule has 0 unspecified atom stereocenters. The van der Waals surface area contributed by atoms with Gasteiger partial charge in [-0.05, 0) is 30.2 Å². The molecule has 0 fully saturated rings. The third-order valence-electron chi connectivity index (χ3n) is 3.97. The molecule has 0 radical (unpaired) electrons. The van der Waals surface area contributed by atoms with E-state index in [1.54, 1.807) is 0 Å². The van der Waals surface area contributed by atoms with E-state index in [4.69, 9.17) is 16.6 Å². The van der Waals surface area contributed by atoms with Gasteiger partial charge in [-0.15, -0.1) is 0 Å². The molecule has 4 nitrogen and oxygen atoms in total. The minimum atomic E-state index is -0.000398. The van der Waals surface area contributed by atoms with Crippen molar-refractivity contribution in [1.29, 1.82) is 0 Å². The van der Waals surface area contributed by atoms with Crippen molar-refractivity contribution in [3.05, 3.63) is 64.9 Å². The molecule has 0 aliphatic heterocycles. The number of nitrogens with one attached hydrogen (secondary N) is 1. The van der Waals surface area contributed by atoms with Crippen LogP contribution in [0.25, 0.3) is 11.0 Å². The number of nitrogens with zero attached hydrogens (tertiary/aromatic N) is 2. The van der Waals surface area contributed by atoms with Crippen LogP contribution in [0.5, 0.6) is 0 Å². The van der Waals surface area contributed by atoms with E-state index in [0.29, 0.717) is 13.1 Å². The highest BCUT2D eigenvalue weighted by atomic mass is 35.5. The molecule has 124 valence electrons. The molecule has 1 N–H and O–H groups in total. The second-order valence-corrected chi connectivity index (χ2v) is 6.19. The minimum absolute atomic E-state index is 0.000398. The quantitative estimate of drug-likeness (QED) is 0.693. The summed E-state index contributed by atoms with van der Waals surface area (Å²) in [5.74, 6) is 1.01. The zero-order valence-corrected chi connectivity index (χ0v) is 14.4. The Bertz CT molecular complexity index is 857. The molecule has 1 amide bonds. The smallest absolute Gasteiger partial charge is 0.216 e. The van der Waals surface area contributed by atoms with Gasteiger partial charge in [0.2, 0.25) is 5.91 Å². The molecular formula is C19H20ClN3O. The molecule has 1 heterocycles. The van der Waals surface area contributed by atoms with Crippen LogP contribution in [0.1, 0.15) is 24.7 Å². The SMILES string of the molecule is CC(=O)NCCCc1nc2ccccc2n1Cc1ccccc1Cl. The summed E-state index contributed by atoms with van der Waals surface area (Å²) in [6.07, 6.45) is 1.66. The zero-order valence-electron chi connectivity index (χ0n) is 13.6. The normalized spacial score (nSPS) is 10.9. The van der Waals surface area contributed by atoms with E-state index in [0.717, 1.165) is 40.3 Å². The third-order valence-corrected chi connectivity index (χ3v) is 4.34. The highest BCUT2D eigenvalue weighted by Gasteiger charge is 2.12. The van der Waals surface area contributed by atoms with Gasteiger partial charge in [0.15, 0.2) is 0 Å². The van der Waals surface area contributed by atoms with Gasteiger partial charge in [-0.25, -0.2) is 4.98 Å². The van der Waals surface area contributed by atoms with E-state index in [9.17, 15) is 4.79 Å². The van der Waals surface area contributed by atoms with Crippen molar-refractivity contribution in [2.45, 2.75) is 26.3 Å². The first kappa shape index (κ1) is 16.5.